The summed E-state index contributed by atoms with van der Waals surface area (Å²) in [5.74, 6) is 0.0528. The van der Waals surface area contributed by atoms with Gasteiger partial charge in [0.05, 0.1) is 15.6 Å². The van der Waals surface area contributed by atoms with Gasteiger partial charge >= 0.3 is 0 Å². The van der Waals surface area contributed by atoms with E-state index >= 15 is 0 Å². The molecule has 0 bridgehead atoms. The normalized spacial score (nSPS) is 16.9. The van der Waals surface area contributed by atoms with Crippen molar-refractivity contribution in [2.45, 2.75) is 38.6 Å². The molecule has 1 aliphatic carbocycles. The molecule has 1 aliphatic rings. The van der Waals surface area contributed by atoms with Crippen LogP contribution in [0, 0.1) is 0 Å². The molecule has 0 atom stereocenters. The maximum Gasteiger partial charge on any atom is 0.171 e. The van der Waals surface area contributed by atoms with E-state index in [2.05, 4.69) is 5.32 Å². The number of ketones is 1. The van der Waals surface area contributed by atoms with Crippen molar-refractivity contribution < 1.29 is 4.79 Å². The van der Waals surface area contributed by atoms with E-state index in [1.807, 2.05) is 6.07 Å². The van der Waals surface area contributed by atoms with Crippen LogP contribution >= 0.6 is 11.3 Å². The van der Waals surface area contributed by atoms with Crippen molar-refractivity contribution in [3.63, 3.8) is 0 Å². The summed E-state index contributed by atoms with van der Waals surface area (Å²) in [7, 11) is 0. The Bertz CT molecular complexity index is 367. The molecule has 3 N–H and O–H groups in total. The van der Waals surface area contributed by atoms with Crippen molar-refractivity contribution in [1.82, 2.24) is 0 Å². The lowest BCUT2D eigenvalue weighted by atomic mass is 10.2. The van der Waals surface area contributed by atoms with Gasteiger partial charge in [-0.15, -0.1) is 11.3 Å². The number of carbonyl (C=O) groups is 1. The predicted octanol–water partition coefficient (Wildman–Crippen LogP) is 2.89. The fourth-order valence-corrected chi connectivity index (χ4v) is 2.97. The van der Waals surface area contributed by atoms with Crippen LogP contribution in [-0.4, -0.2) is 11.8 Å². The molecule has 0 amide bonds. The Hall–Kier alpha value is -1.03. The van der Waals surface area contributed by atoms with Gasteiger partial charge in [0, 0.05) is 13.0 Å². The van der Waals surface area contributed by atoms with E-state index < -0.39 is 0 Å². The van der Waals surface area contributed by atoms with Crippen LogP contribution in [-0.2, 0) is 0 Å². The molecule has 3 nitrogen and oxygen atoms in total. The number of rotatable bonds is 3. The number of anilines is 2. The second-order valence-corrected chi connectivity index (χ2v) is 5.13. The van der Waals surface area contributed by atoms with E-state index in [0.29, 0.717) is 16.6 Å². The van der Waals surface area contributed by atoms with Gasteiger partial charge in [0.15, 0.2) is 5.78 Å². The molecule has 0 aliphatic heterocycles. The van der Waals surface area contributed by atoms with Gasteiger partial charge in [-0.25, -0.2) is 0 Å². The zero-order valence-corrected chi connectivity index (χ0v) is 9.69. The molecule has 0 aromatic carbocycles. The average molecular weight is 224 g/mol. The van der Waals surface area contributed by atoms with Gasteiger partial charge < -0.3 is 11.1 Å². The molecule has 1 saturated carbocycles. The molecule has 4 heteroatoms. The van der Waals surface area contributed by atoms with E-state index in [-0.39, 0.29) is 5.78 Å². The summed E-state index contributed by atoms with van der Waals surface area (Å²) >= 11 is 1.47. The third-order valence-electron chi connectivity index (χ3n) is 2.78. The first-order valence-electron chi connectivity index (χ1n) is 5.33. The fourth-order valence-electron chi connectivity index (χ4n) is 2.02. The molecule has 0 unspecified atom stereocenters. The minimum atomic E-state index is 0.0528. The molecular weight excluding hydrogens is 208 g/mol. The van der Waals surface area contributed by atoms with Gasteiger partial charge in [-0.3, -0.25) is 4.79 Å². The minimum Gasteiger partial charge on any atom is -0.397 e. The van der Waals surface area contributed by atoms with Crippen LogP contribution in [0.2, 0.25) is 0 Å². The molecule has 1 aromatic rings. The van der Waals surface area contributed by atoms with Crippen molar-refractivity contribution in [3.05, 3.63) is 10.9 Å². The van der Waals surface area contributed by atoms with Crippen molar-refractivity contribution in [2.24, 2.45) is 0 Å². The lowest BCUT2D eigenvalue weighted by Crippen LogP contribution is -2.13. The Balaban J connectivity index is 2.08. The van der Waals surface area contributed by atoms with E-state index in [9.17, 15) is 4.79 Å². The molecule has 1 fully saturated rings. The number of carbonyl (C=O) groups excluding carboxylic acids is 1. The topological polar surface area (TPSA) is 55.1 Å². The van der Waals surface area contributed by atoms with Crippen LogP contribution in [0.1, 0.15) is 42.3 Å². The monoisotopic (exact) mass is 224 g/mol. The molecular formula is C11H16N2OS. The highest BCUT2D eigenvalue weighted by Crippen LogP contribution is 2.32. The van der Waals surface area contributed by atoms with Gasteiger partial charge in [0.2, 0.25) is 0 Å². The first-order chi connectivity index (χ1) is 7.16. The lowest BCUT2D eigenvalue weighted by Gasteiger charge is -2.10. The summed E-state index contributed by atoms with van der Waals surface area (Å²) in [6, 6.07) is 2.45. The average Bonchev–Trinajstić information content (AvgIpc) is 2.75. The van der Waals surface area contributed by atoms with E-state index in [1.165, 1.54) is 37.0 Å². The maximum absolute atomic E-state index is 11.2. The van der Waals surface area contributed by atoms with E-state index in [0.717, 1.165) is 5.00 Å². The molecule has 0 saturated heterocycles. The van der Waals surface area contributed by atoms with Crippen LogP contribution in [0.3, 0.4) is 0 Å². The van der Waals surface area contributed by atoms with Crippen molar-refractivity contribution in [2.75, 3.05) is 11.1 Å². The van der Waals surface area contributed by atoms with Gasteiger partial charge in [0.1, 0.15) is 0 Å². The van der Waals surface area contributed by atoms with Crippen LogP contribution in [0.25, 0.3) is 0 Å². The summed E-state index contributed by atoms with van der Waals surface area (Å²) in [6.45, 7) is 1.56. The first kappa shape index (κ1) is 10.5. The molecule has 2 rings (SSSR count). The highest BCUT2D eigenvalue weighted by atomic mass is 32.1. The zero-order valence-electron chi connectivity index (χ0n) is 8.88. The molecule has 15 heavy (non-hydrogen) atoms. The number of hydrogen-bond acceptors (Lipinski definition) is 4. The van der Waals surface area contributed by atoms with Crippen LogP contribution in [0.15, 0.2) is 6.07 Å². The summed E-state index contributed by atoms with van der Waals surface area (Å²) in [5, 5.41) is 4.48. The summed E-state index contributed by atoms with van der Waals surface area (Å²) < 4.78 is 0. The Morgan fingerprint density at radius 1 is 1.53 bits per heavy atom. The maximum atomic E-state index is 11.2. The fraction of sp³-hybridized carbons (Fsp3) is 0.545. The molecule has 0 radical (unpaired) electrons. The number of thiophene rings is 1. The number of nitrogens with one attached hydrogen (secondary N) is 1. The van der Waals surface area contributed by atoms with Gasteiger partial charge in [-0.1, -0.05) is 12.8 Å². The van der Waals surface area contributed by atoms with E-state index in [1.54, 1.807) is 6.92 Å². The Morgan fingerprint density at radius 2 is 2.20 bits per heavy atom. The standard InChI is InChI=1S/C11H16N2OS/c1-7(14)11-9(12)6-10(15-11)13-8-4-2-3-5-8/h6,8,13H,2-5,12H2,1H3. The predicted molar refractivity (Wildman–Crippen MR) is 64.6 cm³/mol. The van der Waals surface area contributed by atoms with E-state index in [4.69, 9.17) is 5.73 Å². The van der Waals surface area contributed by atoms with Crippen molar-refractivity contribution >= 4 is 27.8 Å². The zero-order chi connectivity index (χ0) is 10.8. The number of nitrogen functional groups attached to an aromatic ring is 1. The summed E-state index contributed by atoms with van der Waals surface area (Å²) in [4.78, 5) is 11.9. The number of Topliss-reactive ketones (excluding diaryl/α,β-unsaturated/α-hetero) is 1. The molecule has 82 valence electrons. The smallest absolute Gasteiger partial charge is 0.171 e. The van der Waals surface area contributed by atoms with Gasteiger partial charge in [-0.05, 0) is 18.9 Å². The molecule has 1 aromatic heterocycles. The van der Waals surface area contributed by atoms with Crippen LogP contribution < -0.4 is 11.1 Å². The second kappa shape index (κ2) is 4.23. The third kappa shape index (κ3) is 2.31. The lowest BCUT2D eigenvalue weighted by molar-refractivity contribution is 0.102. The highest BCUT2D eigenvalue weighted by molar-refractivity contribution is 7.18. The SMILES string of the molecule is CC(=O)c1sc(NC2CCCC2)cc1N. The van der Waals surface area contributed by atoms with Crippen molar-refractivity contribution in [1.29, 1.82) is 0 Å². The quantitative estimate of drug-likeness (QED) is 0.776. The van der Waals surface area contributed by atoms with Gasteiger partial charge in [-0.2, -0.15) is 0 Å². The number of nitrogens with two attached hydrogens (primary N) is 1. The highest BCUT2D eigenvalue weighted by Gasteiger charge is 2.17. The molecule has 0 spiro atoms. The Morgan fingerprint density at radius 3 is 2.73 bits per heavy atom. The third-order valence-corrected chi connectivity index (χ3v) is 3.97. The number of hydrogen-bond donors (Lipinski definition) is 2. The van der Waals surface area contributed by atoms with Crippen molar-refractivity contribution in [3.8, 4) is 0 Å². The van der Waals surface area contributed by atoms with Crippen LogP contribution in [0.5, 0.6) is 0 Å². The van der Waals surface area contributed by atoms with Gasteiger partial charge in [0.25, 0.3) is 0 Å². The Labute approximate surface area is 93.7 Å². The van der Waals surface area contributed by atoms with Crippen LogP contribution in [0.4, 0.5) is 10.7 Å². The first-order valence-corrected chi connectivity index (χ1v) is 6.15. The Kier molecular flexibility index (Phi) is 2.95. The largest absolute Gasteiger partial charge is 0.397 e. The summed E-state index contributed by atoms with van der Waals surface area (Å²) in [5.41, 5.74) is 6.37. The minimum absolute atomic E-state index is 0.0528. The molecule has 1 heterocycles. The summed E-state index contributed by atoms with van der Waals surface area (Å²) in [6.07, 6.45) is 5.07. The second-order valence-electron chi connectivity index (χ2n) is 4.08.